The summed E-state index contributed by atoms with van der Waals surface area (Å²) < 4.78 is 32.0. The lowest BCUT2D eigenvalue weighted by Gasteiger charge is -2.31. The number of carbonyl (C=O) groups excluding carboxylic acids is 1. The fraction of sp³-hybridized carbons (Fsp3) is 0.500. The van der Waals surface area contributed by atoms with E-state index in [9.17, 15) is 17.8 Å². The Kier molecular flexibility index (Phi) is 7.13. The van der Waals surface area contributed by atoms with Crippen molar-refractivity contribution in [3.05, 3.63) is 51.5 Å². The Morgan fingerprint density at radius 3 is 2.70 bits per heavy atom. The third kappa shape index (κ3) is 5.97. The zero-order valence-corrected chi connectivity index (χ0v) is 20.3. The van der Waals surface area contributed by atoms with Gasteiger partial charge < -0.3 is 14.6 Å². The van der Waals surface area contributed by atoms with Crippen LogP contribution in [0.5, 0.6) is 0 Å². The first-order valence-electron chi connectivity index (χ1n) is 10.8. The molecule has 1 amide bonds. The van der Waals surface area contributed by atoms with Gasteiger partial charge in [-0.3, -0.25) is 9.35 Å². The summed E-state index contributed by atoms with van der Waals surface area (Å²) in [6.07, 6.45) is 1.83. The average molecular weight is 493 g/mol. The SMILES string of the molecule is CN(C)CC(=O)N1CCC(c2nc(C3=NOC(c4ccccc4CS(=O)(=O)O)C3)cs2)CC1. The Bertz CT molecular complexity index is 1140. The average Bonchev–Trinajstić information content (AvgIpc) is 3.42. The number of nitrogens with zero attached hydrogens (tertiary/aromatic N) is 4. The van der Waals surface area contributed by atoms with Gasteiger partial charge in [-0.05, 0) is 38.1 Å². The quantitative estimate of drug-likeness (QED) is 0.591. The molecule has 1 aromatic heterocycles. The van der Waals surface area contributed by atoms with Crippen molar-refractivity contribution in [1.29, 1.82) is 0 Å². The van der Waals surface area contributed by atoms with Crippen LogP contribution in [0.3, 0.4) is 0 Å². The number of likely N-dealkylation sites (N-methyl/N-ethyl adjacent to an activating group) is 1. The van der Waals surface area contributed by atoms with Gasteiger partial charge in [-0.25, -0.2) is 4.98 Å². The predicted molar refractivity (Wildman–Crippen MR) is 126 cm³/mol. The van der Waals surface area contributed by atoms with E-state index in [1.807, 2.05) is 29.3 Å². The van der Waals surface area contributed by atoms with Gasteiger partial charge in [0.25, 0.3) is 10.1 Å². The molecule has 1 fully saturated rings. The molecule has 2 aromatic rings. The first-order valence-corrected chi connectivity index (χ1v) is 13.3. The van der Waals surface area contributed by atoms with Crippen LogP contribution in [0.15, 0.2) is 34.8 Å². The fourth-order valence-electron chi connectivity index (χ4n) is 4.23. The molecular weight excluding hydrogens is 464 g/mol. The molecular formula is C22H28N4O5S2. The number of benzene rings is 1. The van der Waals surface area contributed by atoms with E-state index in [2.05, 4.69) is 5.16 Å². The van der Waals surface area contributed by atoms with E-state index in [0.717, 1.165) is 42.3 Å². The van der Waals surface area contributed by atoms with Gasteiger partial charge in [-0.2, -0.15) is 8.42 Å². The molecule has 2 aliphatic heterocycles. The first-order chi connectivity index (χ1) is 15.7. The molecule has 0 aliphatic carbocycles. The summed E-state index contributed by atoms with van der Waals surface area (Å²) in [5.74, 6) is 0.0204. The van der Waals surface area contributed by atoms with E-state index in [1.54, 1.807) is 35.6 Å². The van der Waals surface area contributed by atoms with E-state index in [-0.39, 0.29) is 5.91 Å². The second-order valence-electron chi connectivity index (χ2n) is 8.73. The maximum Gasteiger partial charge on any atom is 0.269 e. The number of piperidine rings is 1. The van der Waals surface area contributed by atoms with Crippen LogP contribution in [0.1, 0.15) is 53.1 Å². The molecule has 9 nitrogen and oxygen atoms in total. The number of carbonyl (C=O) groups is 1. The second kappa shape index (κ2) is 9.88. The highest BCUT2D eigenvalue weighted by atomic mass is 32.2. The molecule has 1 N–H and O–H groups in total. The van der Waals surface area contributed by atoms with Crippen LogP contribution in [0.25, 0.3) is 0 Å². The maximum atomic E-state index is 12.3. The highest BCUT2D eigenvalue weighted by Gasteiger charge is 2.30. The summed E-state index contributed by atoms with van der Waals surface area (Å²) in [6.45, 7) is 1.91. The summed E-state index contributed by atoms with van der Waals surface area (Å²) in [7, 11) is -0.355. The Morgan fingerprint density at radius 1 is 1.27 bits per heavy atom. The Labute approximate surface area is 197 Å². The Morgan fingerprint density at radius 2 is 2.00 bits per heavy atom. The minimum atomic E-state index is -4.15. The van der Waals surface area contributed by atoms with Gasteiger partial charge in [0, 0.05) is 30.8 Å². The zero-order chi connectivity index (χ0) is 23.6. The highest BCUT2D eigenvalue weighted by Crippen LogP contribution is 2.35. The van der Waals surface area contributed by atoms with E-state index in [1.165, 1.54) is 0 Å². The molecule has 1 saturated heterocycles. The maximum absolute atomic E-state index is 12.3. The van der Waals surface area contributed by atoms with Crippen molar-refractivity contribution in [2.75, 3.05) is 33.7 Å². The number of amides is 1. The monoisotopic (exact) mass is 492 g/mol. The molecule has 3 heterocycles. The van der Waals surface area contributed by atoms with E-state index in [0.29, 0.717) is 30.0 Å². The van der Waals surface area contributed by atoms with Crippen molar-refractivity contribution in [3.63, 3.8) is 0 Å². The number of thiazole rings is 1. The fourth-order valence-corrected chi connectivity index (χ4v) is 5.88. The molecule has 0 spiro atoms. The van der Waals surface area contributed by atoms with Crippen LogP contribution in [0.4, 0.5) is 0 Å². The molecule has 0 saturated carbocycles. The lowest BCUT2D eigenvalue weighted by Crippen LogP contribution is -2.42. The molecule has 178 valence electrons. The molecule has 4 rings (SSSR count). The van der Waals surface area contributed by atoms with Crippen LogP contribution in [0, 0.1) is 0 Å². The van der Waals surface area contributed by atoms with Crippen LogP contribution in [-0.4, -0.2) is 73.1 Å². The Balaban J connectivity index is 1.38. The summed E-state index contributed by atoms with van der Waals surface area (Å²) in [6, 6.07) is 7.00. The highest BCUT2D eigenvalue weighted by molar-refractivity contribution is 7.85. The molecule has 11 heteroatoms. The number of oxime groups is 1. The third-order valence-electron chi connectivity index (χ3n) is 5.87. The van der Waals surface area contributed by atoms with Gasteiger partial charge in [-0.15, -0.1) is 11.3 Å². The topological polar surface area (TPSA) is 112 Å². The molecule has 1 aromatic carbocycles. The molecule has 2 aliphatic rings. The minimum Gasteiger partial charge on any atom is -0.387 e. The number of likely N-dealkylation sites (tertiary alicyclic amines) is 1. The predicted octanol–water partition coefficient (Wildman–Crippen LogP) is 2.66. The molecule has 0 bridgehead atoms. The van der Waals surface area contributed by atoms with Crippen molar-refractivity contribution in [2.45, 2.75) is 37.0 Å². The number of aromatic nitrogens is 1. The van der Waals surface area contributed by atoms with Gasteiger partial charge in [-0.1, -0.05) is 29.4 Å². The summed E-state index contributed by atoms with van der Waals surface area (Å²) >= 11 is 1.60. The molecule has 1 unspecified atom stereocenters. The van der Waals surface area contributed by atoms with Crippen molar-refractivity contribution >= 4 is 33.1 Å². The van der Waals surface area contributed by atoms with Gasteiger partial charge in [0.2, 0.25) is 5.91 Å². The van der Waals surface area contributed by atoms with Crippen LogP contribution in [0.2, 0.25) is 0 Å². The minimum absolute atomic E-state index is 0.163. The van der Waals surface area contributed by atoms with Crippen molar-refractivity contribution in [3.8, 4) is 0 Å². The summed E-state index contributed by atoms with van der Waals surface area (Å²) in [5.41, 5.74) is 2.69. The molecule has 33 heavy (non-hydrogen) atoms. The lowest BCUT2D eigenvalue weighted by molar-refractivity contribution is -0.132. The summed E-state index contributed by atoms with van der Waals surface area (Å²) in [5, 5.41) is 7.24. The van der Waals surface area contributed by atoms with Crippen molar-refractivity contribution < 1.29 is 22.6 Å². The van der Waals surface area contributed by atoms with E-state index in [4.69, 9.17) is 9.82 Å². The van der Waals surface area contributed by atoms with Gasteiger partial charge >= 0.3 is 0 Å². The normalized spacial score (nSPS) is 19.6. The first kappa shape index (κ1) is 23.8. The third-order valence-corrected chi connectivity index (χ3v) is 7.56. The van der Waals surface area contributed by atoms with Gasteiger partial charge in [0.1, 0.15) is 11.5 Å². The van der Waals surface area contributed by atoms with E-state index >= 15 is 0 Å². The molecule has 0 radical (unpaired) electrons. The van der Waals surface area contributed by atoms with Crippen molar-refractivity contribution in [2.24, 2.45) is 5.16 Å². The zero-order valence-electron chi connectivity index (χ0n) is 18.7. The standard InChI is InChI=1S/C22H28N4O5S2/c1-25(2)12-21(27)26-9-7-15(8-10-26)22-23-19(13-32-22)18-11-20(31-24-18)17-6-4-3-5-16(17)14-33(28,29)30/h3-6,13,15,20H,7-12,14H2,1-2H3,(H,28,29,30). The van der Waals surface area contributed by atoms with Gasteiger partial charge in [0.15, 0.2) is 6.10 Å². The van der Waals surface area contributed by atoms with Crippen LogP contribution in [-0.2, 0) is 25.5 Å². The lowest BCUT2D eigenvalue weighted by atomic mass is 9.97. The molecule has 1 atom stereocenters. The van der Waals surface area contributed by atoms with Crippen LogP contribution < -0.4 is 0 Å². The number of hydrogen-bond donors (Lipinski definition) is 1. The second-order valence-corrected chi connectivity index (χ2v) is 11.1. The van der Waals surface area contributed by atoms with Crippen LogP contribution >= 0.6 is 11.3 Å². The van der Waals surface area contributed by atoms with Gasteiger partial charge in [0.05, 0.1) is 17.2 Å². The Hall–Kier alpha value is -2.34. The summed E-state index contributed by atoms with van der Waals surface area (Å²) in [4.78, 5) is 26.5. The number of rotatable bonds is 7. The van der Waals surface area contributed by atoms with E-state index < -0.39 is 22.0 Å². The smallest absolute Gasteiger partial charge is 0.269 e. The number of hydrogen-bond acceptors (Lipinski definition) is 8. The largest absolute Gasteiger partial charge is 0.387 e. The van der Waals surface area contributed by atoms with Crippen molar-refractivity contribution in [1.82, 2.24) is 14.8 Å².